The molecular formula is C4FeMoN4. The van der Waals surface area contributed by atoms with E-state index < -0.39 is 0 Å². The fourth-order valence-electron chi connectivity index (χ4n) is 0. The molecule has 0 atom stereocenters. The second-order valence-electron chi connectivity index (χ2n) is 0. The predicted octanol–water partition coefficient (Wildman–Crippen LogP) is 0.380. The summed E-state index contributed by atoms with van der Waals surface area (Å²) >= 11 is 0. The Hall–Kier alpha value is -0.832. The van der Waals surface area contributed by atoms with Crippen molar-refractivity contribution in [3.05, 3.63) is 26.3 Å². The molecule has 0 aromatic rings. The summed E-state index contributed by atoms with van der Waals surface area (Å²) in [5.74, 6) is 0. The first-order valence-electron chi connectivity index (χ1n) is 0.894. The van der Waals surface area contributed by atoms with Crippen LogP contribution in [0.4, 0.5) is 0 Å². The third-order valence-electron chi connectivity index (χ3n) is 0. The number of rotatable bonds is 0. The fraction of sp³-hybridized carbons (Fsp3) is 0. The van der Waals surface area contributed by atoms with E-state index in [0.717, 1.165) is 0 Å². The minimum Gasteiger partial charge on any atom is -0.512 e. The molecule has 0 spiro atoms. The van der Waals surface area contributed by atoms with Crippen LogP contribution in [0.25, 0.3) is 0 Å². The van der Waals surface area contributed by atoms with Gasteiger partial charge in [-0.25, -0.2) is 0 Å². The van der Waals surface area contributed by atoms with Crippen LogP contribution < -0.4 is 0 Å². The molecule has 0 unspecified atom stereocenters. The molecule has 0 aromatic carbocycles. The number of hydrogen-bond acceptors (Lipinski definition) is 4. The summed E-state index contributed by atoms with van der Waals surface area (Å²) in [4.78, 5) is 0. The molecule has 0 aliphatic heterocycles. The molecule has 10 heavy (non-hydrogen) atoms. The van der Waals surface area contributed by atoms with Gasteiger partial charge < -0.3 is 47.3 Å². The van der Waals surface area contributed by atoms with Gasteiger partial charge in [0.1, 0.15) is 0 Å². The van der Waals surface area contributed by atoms with Crippen molar-refractivity contribution in [2.75, 3.05) is 0 Å². The maximum atomic E-state index is 6.25. The van der Waals surface area contributed by atoms with Crippen molar-refractivity contribution in [3.8, 4) is 0 Å². The van der Waals surface area contributed by atoms with E-state index in [4.69, 9.17) is 47.3 Å². The first kappa shape index (κ1) is 60.9. The Balaban J connectivity index is -0.00000000500. The van der Waals surface area contributed by atoms with Gasteiger partial charge in [0, 0.05) is 17.1 Å². The van der Waals surface area contributed by atoms with Crippen molar-refractivity contribution >= 4 is 0 Å². The molecule has 50 valence electrons. The second kappa shape index (κ2) is 606. The Bertz CT molecular complexity index is 60.2. The average Bonchev–Trinajstić information content (AvgIpc) is 2.03. The van der Waals surface area contributed by atoms with Crippen molar-refractivity contribution in [2.24, 2.45) is 0 Å². The van der Waals surface area contributed by atoms with Gasteiger partial charge in [-0.2, -0.15) is 0 Å². The van der Waals surface area contributed by atoms with E-state index in [2.05, 4.69) is 0 Å². The van der Waals surface area contributed by atoms with Crippen LogP contribution >= 0.6 is 0 Å². The van der Waals surface area contributed by atoms with Crippen molar-refractivity contribution < 1.29 is 38.1 Å². The molecule has 6 heteroatoms. The van der Waals surface area contributed by atoms with Gasteiger partial charge in [0.25, 0.3) is 0 Å². The summed E-state index contributed by atoms with van der Waals surface area (Å²) < 4.78 is 0. The minimum absolute atomic E-state index is 0. The van der Waals surface area contributed by atoms with Crippen LogP contribution in [0.2, 0.25) is 0 Å². The average molecular weight is 256 g/mol. The third kappa shape index (κ3) is 394. The summed E-state index contributed by atoms with van der Waals surface area (Å²) in [6.07, 6.45) is 0. The Morgan fingerprint density at radius 1 is 0.500 bits per heavy atom. The van der Waals surface area contributed by atoms with Crippen LogP contribution in [0.3, 0.4) is 0 Å². The van der Waals surface area contributed by atoms with E-state index in [1.54, 1.807) is 0 Å². The van der Waals surface area contributed by atoms with Crippen LogP contribution in [0.15, 0.2) is 0 Å². The topological polar surface area (TPSA) is 95.2 Å². The van der Waals surface area contributed by atoms with Crippen molar-refractivity contribution in [1.29, 1.82) is 21.0 Å². The van der Waals surface area contributed by atoms with Gasteiger partial charge >= 0.3 is 21.1 Å². The van der Waals surface area contributed by atoms with Gasteiger partial charge in [0.15, 0.2) is 0 Å². The van der Waals surface area contributed by atoms with E-state index in [-0.39, 0.29) is 38.1 Å². The maximum Gasteiger partial charge on any atom is 4.00 e. The Morgan fingerprint density at radius 2 is 0.500 bits per heavy atom. The third-order valence-corrected chi connectivity index (χ3v) is 0. The van der Waals surface area contributed by atoms with Gasteiger partial charge in [-0.1, -0.05) is 0 Å². The molecule has 0 fully saturated rings. The molecule has 0 saturated carbocycles. The molecule has 0 bridgehead atoms. The van der Waals surface area contributed by atoms with E-state index in [0.29, 0.717) is 0 Å². The summed E-state index contributed by atoms with van der Waals surface area (Å²) in [5.41, 5.74) is 0. The molecule has 0 rings (SSSR count). The van der Waals surface area contributed by atoms with Crippen LogP contribution in [-0.2, 0) is 38.1 Å². The molecule has 0 radical (unpaired) electrons. The molecule has 0 saturated heterocycles. The molecule has 0 heterocycles. The van der Waals surface area contributed by atoms with Gasteiger partial charge in [-0.05, 0) is 0 Å². The van der Waals surface area contributed by atoms with Gasteiger partial charge in [-0.15, -0.1) is 0 Å². The Morgan fingerprint density at radius 3 is 0.500 bits per heavy atom. The normalized spacial score (nSPS) is 0.800. The molecule has 0 aromatic heterocycles. The zero-order valence-corrected chi connectivity index (χ0v) is 7.66. The molecule has 0 aliphatic carbocycles. The summed E-state index contributed by atoms with van der Waals surface area (Å²) in [5, 5.41) is 25.0. The molecular weight excluding hydrogens is 256 g/mol. The summed E-state index contributed by atoms with van der Waals surface area (Å²) in [6.45, 7) is 19.0. The summed E-state index contributed by atoms with van der Waals surface area (Å²) in [7, 11) is 0. The Kier molecular flexibility index (Phi) is 3690. The van der Waals surface area contributed by atoms with Crippen LogP contribution in [0.1, 0.15) is 0 Å². The van der Waals surface area contributed by atoms with E-state index in [1.807, 2.05) is 0 Å². The van der Waals surface area contributed by atoms with Crippen LogP contribution in [-0.4, -0.2) is 0 Å². The fourth-order valence-corrected chi connectivity index (χ4v) is 0. The van der Waals surface area contributed by atoms with Crippen molar-refractivity contribution in [1.82, 2.24) is 0 Å². The Labute approximate surface area is 85.4 Å². The van der Waals surface area contributed by atoms with Crippen LogP contribution in [0, 0.1) is 47.3 Å². The molecule has 0 N–H and O–H groups in total. The first-order valence-corrected chi connectivity index (χ1v) is 0.894. The molecule has 0 amide bonds. The van der Waals surface area contributed by atoms with Crippen molar-refractivity contribution in [3.63, 3.8) is 0 Å². The quantitative estimate of drug-likeness (QED) is 0.462. The SMILES string of the molecule is [C-]#N.[C-]#N.[C-]#N.[C-]#N.[Fe].[Mo+4]. The zero-order chi connectivity index (χ0) is 8.00. The van der Waals surface area contributed by atoms with Gasteiger partial charge in [0.05, 0.1) is 0 Å². The molecule has 4 nitrogen and oxygen atoms in total. The van der Waals surface area contributed by atoms with Crippen LogP contribution in [0.5, 0.6) is 0 Å². The zero-order valence-electron chi connectivity index (χ0n) is 4.55. The monoisotopic (exact) mass is 258 g/mol. The van der Waals surface area contributed by atoms with E-state index in [1.165, 1.54) is 0 Å². The van der Waals surface area contributed by atoms with E-state index >= 15 is 0 Å². The van der Waals surface area contributed by atoms with Crippen molar-refractivity contribution in [2.45, 2.75) is 0 Å². The number of nitrogens with zero attached hydrogens (tertiary/aromatic N) is 4. The molecule has 0 aliphatic rings. The smallest absolute Gasteiger partial charge is 0.512 e. The first-order chi connectivity index (χ1) is 4.00. The van der Waals surface area contributed by atoms with Gasteiger partial charge in [-0.3, -0.25) is 0 Å². The largest absolute Gasteiger partial charge is 4.00 e. The second-order valence-corrected chi connectivity index (χ2v) is 0. The van der Waals surface area contributed by atoms with Gasteiger partial charge in [0.2, 0.25) is 0 Å². The van der Waals surface area contributed by atoms with E-state index in [9.17, 15) is 0 Å². The minimum atomic E-state index is 0. The predicted molar refractivity (Wildman–Crippen MR) is 19.9 cm³/mol. The summed E-state index contributed by atoms with van der Waals surface area (Å²) in [6, 6.07) is 0. The maximum absolute atomic E-state index is 6.25. The number of hydrogen-bond donors (Lipinski definition) is 0. The standard InChI is InChI=1S/4CN.Fe.Mo/c4*1-2;;/q4*-1;;+4.